The zero-order chi connectivity index (χ0) is 15.5. The number of hydrogen-bond acceptors (Lipinski definition) is 4. The van der Waals surface area contributed by atoms with Crippen molar-refractivity contribution in [2.75, 3.05) is 11.3 Å². The molecule has 2 aromatic rings. The lowest BCUT2D eigenvalue weighted by molar-refractivity contribution is 0.582. The van der Waals surface area contributed by atoms with Crippen LogP contribution in [0.1, 0.15) is 6.42 Å². The summed E-state index contributed by atoms with van der Waals surface area (Å²) in [5.74, 6) is -0.459. The van der Waals surface area contributed by atoms with Crippen LogP contribution in [-0.2, 0) is 16.6 Å². The second kappa shape index (κ2) is 6.54. The molecule has 2 rings (SSSR count). The van der Waals surface area contributed by atoms with Crippen LogP contribution in [-0.4, -0.2) is 24.7 Å². The summed E-state index contributed by atoms with van der Waals surface area (Å²) < 4.78 is 41.7. The molecule has 0 spiro atoms. The number of nitrogens with one attached hydrogen (secondary N) is 1. The van der Waals surface area contributed by atoms with Gasteiger partial charge in [0.1, 0.15) is 10.7 Å². The highest BCUT2D eigenvalue weighted by atomic mass is 79.9. The molecule has 0 unspecified atom stereocenters. The first-order chi connectivity index (χ1) is 9.92. The number of hydrogen-bond donors (Lipinski definition) is 2. The maximum atomic E-state index is 13.0. The molecular weight excluding hydrogens is 363 g/mol. The second-order valence-corrected chi connectivity index (χ2v) is 6.85. The fourth-order valence-corrected chi connectivity index (χ4v) is 3.25. The lowest BCUT2D eigenvalue weighted by atomic mass is 10.3. The molecule has 0 aliphatic heterocycles. The topological polar surface area (TPSA) is 90.0 Å². The molecule has 0 aliphatic carbocycles. The summed E-state index contributed by atoms with van der Waals surface area (Å²) in [7, 11) is -3.77. The summed E-state index contributed by atoms with van der Waals surface area (Å²) in [5, 5.41) is 3.97. The fourth-order valence-electron chi connectivity index (χ4n) is 1.63. The van der Waals surface area contributed by atoms with Crippen LogP contribution in [0, 0.1) is 5.82 Å². The van der Waals surface area contributed by atoms with Gasteiger partial charge in [-0.3, -0.25) is 9.40 Å². The molecule has 0 saturated carbocycles. The predicted molar refractivity (Wildman–Crippen MR) is 80.8 cm³/mol. The minimum absolute atomic E-state index is 0.0377. The smallest absolute Gasteiger partial charge is 0.265 e. The van der Waals surface area contributed by atoms with E-state index in [4.69, 9.17) is 5.73 Å². The van der Waals surface area contributed by atoms with E-state index < -0.39 is 15.8 Å². The summed E-state index contributed by atoms with van der Waals surface area (Å²) in [6, 6.07) is 3.70. The monoisotopic (exact) mass is 376 g/mol. The molecule has 114 valence electrons. The van der Waals surface area contributed by atoms with E-state index in [0.717, 1.165) is 0 Å². The molecule has 6 nitrogen and oxygen atoms in total. The number of nitrogens with two attached hydrogens (primary N) is 1. The normalized spacial score (nSPS) is 11.6. The summed E-state index contributed by atoms with van der Waals surface area (Å²) in [6.45, 7) is 1.05. The molecule has 0 radical (unpaired) electrons. The van der Waals surface area contributed by atoms with Crippen LogP contribution in [0.25, 0.3) is 0 Å². The largest absolute Gasteiger partial charge is 0.330 e. The molecular formula is C12H14BrFN4O2S. The summed E-state index contributed by atoms with van der Waals surface area (Å²) in [4.78, 5) is 0.0377. The number of rotatable bonds is 6. The third-order valence-corrected chi connectivity index (χ3v) is 4.66. The van der Waals surface area contributed by atoms with Gasteiger partial charge >= 0.3 is 0 Å². The van der Waals surface area contributed by atoms with Gasteiger partial charge in [0.2, 0.25) is 0 Å². The maximum Gasteiger partial charge on any atom is 0.265 e. The first-order valence-electron chi connectivity index (χ1n) is 6.13. The van der Waals surface area contributed by atoms with Crippen LogP contribution in [0.2, 0.25) is 0 Å². The standard InChI is InChI=1S/C12H14BrFN4O2S/c13-11-6-9(14)2-3-12(11)17-21(19,20)10-7-16-18(8-10)5-1-4-15/h2-3,6-8,17H,1,4-5,15H2. The van der Waals surface area contributed by atoms with Crippen molar-refractivity contribution in [3.8, 4) is 0 Å². The molecule has 0 aliphatic rings. The van der Waals surface area contributed by atoms with Gasteiger partial charge in [-0.1, -0.05) is 0 Å². The van der Waals surface area contributed by atoms with E-state index in [-0.39, 0.29) is 10.6 Å². The van der Waals surface area contributed by atoms with E-state index in [2.05, 4.69) is 25.8 Å². The number of aromatic nitrogens is 2. The molecule has 3 N–H and O–H groups in total. The summed E-state index contributed by atoms with van der Waals surface area (Å²) >= 11 is 3.11. The van der Waals surface area contributed by atoms with Crippen molar-refractivity contribution in [1.29, 1.82) is 0 Å². The fraction of sp³-hybridized carbons (Fsp3) is 0.250. The van der Waals surface area contributed by atoms with Gasteiger partial charge in [-0.2, -0.15) is 5.10 Å². The first-order valence-corrected chi connectivity index (χ1v) is 8.40. The lowest BCUT2D eigenvalue weighted by Crippen LogP contribution is -2.13. The van der Waals surface area contributed by atoms with Crippen molar-refractivity contribution >= 4 is 31.6 Å². The highest BCUT2D eigenvalue weighted by molar-refractivity contribution is 9.10. The molecule has 0 amide bonds. The van der Waals surface area contributed by atoms with E-state index >= 15 is 0 Å². The van der Waals surface area contributed by atoms with Crippen molar-refractivity contribution in [3.63, 3.8) is 0 Å². The molecule has 0 fully saturated rings. The number of sulfonamides is 1. The average molecular weight is 377 g/mol. The Morgan fingerprint density at radius 3 is 2.86 bits per heavy atom. The zero-order valence-corrected chi connectivity index (χ0v) is 13.4. The Morgan fingerprint density at radius 2 is 2.19 bits per heavy atom. The number of anilines is 1. The Bertz CT molecular complexity index is 733. The van der Waals surface area contributed by atoms with Gasteiger partial charge in [0.05, 0.1) is 11.9 Å². The van der Waals surface area contributed by atoms with Gasteiger partial charge < -0.3 is 5.73 Å². The van der Waals surface area contributed by atoms with Crippen molar-refractivity contribution < 1.29 is 12.8 Å². The van der Waals surface area contributed by atoms with Crippen LogP contribution in [0.15, 0.2) is 40.0 Å². The van der Waals surface area contributed by atoms with Crippen LogP contribution in [0.3, 0.4) is 0 Å². The van der Waals surface area contributed by atoms with Crippen LogP contribution in [0.5, 0.6) is 0 Å². The van der Waals surface area contributed by atoms with Crippen molar-refractivity contribution in [3.05, 3.63) is 40.9 Å². The van der Waals surface area contributed by atoms with E-state index in [0.29, 0.717) is 24.0 Å². The van der Waals surface area contributed by atoms with E-state index in [1.165, 1.54) is 35.3 Å². The minimum atomic E-state index is -3.77. The second-order valence-electron chi connectivity index (χ2n) is 4.31. The SMILES string of the molecule is NCCCn1cc(S(=O)(=O)Nc2ccc(F)cc2Br)cn1. The molecule has 1 heterocycles. The van der Waals surface area contributed by atoms with Gasteiger partial charge in [0, 0.05) is 17.2 Å². The van der Waals surface area contributed by atoms with Crippen molar-refractivity contribution in [2.24, 2.45) is 5.73 Å². The van der Waals surface area contributed by atoms with Gasteiger partial charge in [0.15, 0.2) is 0 Å². The molecule has 1 aromatic carbocycles. The average Bonchev–Trinajstić information content (AvgIpc) is 2.89. The zero-order valence-electron chi connectivity index (χ0n) is 11.0. The number of benzene rings is 1. The van der Waals surface area contributed by atoms with Crippen molar-refractivity contribution in [1.82, 2.24) is 9.78 Å². The number of aryl methyl sites for hydroxylation is 1. The Hall–Kier alpha value is -1.45. The Kier molecular flexibility index (Phi) is 4.96. The van der Waals surface area contributed by atoms with Crippen LogP contribution < -0.4 is 10.5 Å². The van der Waals surface area contributed by atoms with Crippen LogP contribution >= 0.6 is 15.9 Å². The molecule has 1 aromatic heterocycles. The Labute approximate surface area is 130 Å². The molecule has 0 bridgehead atoms. The summed E-state index contributed by atoms with van der Waals surface area (Å²) in [6.07, 6.45) is 3.39. The summed E-state index contributed by atoms with van der Waals surface area (Å²) in [5.41, 5.74) is 5.65. The van der Waals surface area contributed by atoms with E-state index in [1.54, 1.807) is 0 Å². The number of halogens is 2. The highest BCUT2D eigenvalue weighted by Crippen LogP contribution is 2.25. The predicted octanol–water partition coefficient (Wildman–Crippen LogP) is 1.93. The number of nitrogens with zero attached hydrogens (tertiary/aromatic N) is 2. The molecule has 21 heavy (non-hydrogen) atoms. The first kappa shape index (κ1) is 15.9. The van der Waals surface area contributed by atoms with Gasteiger partial charge in [0.25, 0.3) is 10.0 Å². The van der Waals surface area contributed by atoms with E-state index in [9.17, 15) is 12.8 Å². The third kappa shape index (κ3) is 4.02. The Morgan fingerprint density at radius 1 is 1.43 bits per heavy atom. The molecule has 0 saturated heterocycles. The minimum Gasteiger partial charge on any atom is -0.330 e. The maximum absolute atomic E-state index is 13.0. The van der Waals surface area contributed by atoms with E-state index in [1.807, 2.05) is 0 Å². The molecule has 9 heteroatoms. The lowest BCUT2D eigenvalue weighted by Gasteiger charge is -2.08. The van der Waals surface area contributed by atoms with Gasteiger partial charge in [-0.25, -0.2) is 12.8 Å². The van der Waals surface area contributed by atoms with Crippen LogP contribution in [0.4, 0.5) is 10.1 Å². The van der Waals surface area contributed by atoms with Crippen molar-refractivity contribution in [2.45, 2.75) is 17.9 Å². The van der Waals surface area contributed by atoms with Gasteiger partial charge in [-0.05, 0) is 47.1 Å². The van der Waals surface area contributed by atoms with Gasteiger partial charge in [-0.15, -0.1) is 0 Å². The third-order valence-electron chi connectivity index (χ3n) is 2.69. The molecule has 0 atom stereocenters. The quantitative estimate of drug-likeness (QED) is 0.805. The Balaban J connectivity index is 2.19. The highest BCUT2D eigenvalue weighted by Gasteiger charge is 2.18.